The van der Waals surface area contributed by atoms with Gasteiger partial charge in [0.2, 0.25) is 11.7 Å². The van der Waals surface area contributed by atoms with Gasteiger partial charge in [0.05, 0.1) is 20.8 Å². The highest BCUT2D eigenvalue weighted by atomic mass is 35.5. The summed E-state index contributed by atoms with van der Waals surface area (Å²) in [5.41, 5.74) is 1.91. The van der Waals surface area contributed by atoms with Gasteiger partial charge < -0.3 is 23.5 Å². The lowest BCUT2D eigenvalue weighted by molar-refractivity contribution is -0.140. The first-order chi connectivity index (χ1) is 19.2. The molecule has 2 rings (SSSR count). The molecule has 10 heteroatoms. The fourth-order valence-corrected chi connectivity index (χ4v) is 2.98. The van der Waals surface area contributed by atoms with Gasteiger partial charge in [-0.1, -0.05) is 88.2 Å². The van der Waals surface area contributed by atoms with Crippen LogP contribution in [-0.2, 0) is 23.7 Å². The van der Waals surface area contributed by atoms with Crippen LogP contribution in [0.2, 0.25) is 5.02 Å². The zero-order chi connectivity index (χ0) is 30.6. The van der Waals surface area contributed by atoms with Crippen molar-refractivity contribution in [2.45, 2.75) is 98.8 Å². The molecule has 0 unspecified atom stereocenters. The van der Waals surface area contributed by atoms with Crippen molar-refractivity contribution in [3.05, 3.63) is 34.7 Å². The predicted octanol–water partition coefficient (Wildman–Crippen LogP) is 8.53. The second kappa shape index (κ2) is 27.9. The van der Waals surface area contributed by atoms with E-state index in [1.54, 1.807) is 14.0 Å². The number of ether oxygens (including phenoxy) is 4. The molecule has 230 valence electrons. The number of benzene rings is 1. The Kier molecular flexibility index (Phi) is 27.5. The molecule has 2 aromatic rings. The number of aromatic nitrogens is 2. The molecule has 0 fully saturated rings. The van der Waals surface area contributed by atoms with E-state index in [9.17, 15) is 9.59 Å². The summed E-state index contributed by atoms with van der Waals surface area (Å²) in [6.45, 7) is 11.5. The van der Waals surface area contributed by atoms with Crippen LogP contribution in [0.1, 0.15) is 96.4 Å². The van der Waals surface area contributed by atoms with Gasteiger partial charge in [-0.2, -0.15) is 4.98 Å². The Balaban J connectivity index is 0. The third kappa shape index (κ3) is 23.3. The van der Waals surface area contributed by atoms with Crippen molar-refractivity contribution in [2.24, 2.45) is 0 Å². The van der Waals surface area contributed by atoms with Crippen molar-refractivity contribution < 1.29 is 33.1 Å². The van der Waals surface area contributed by atoms with Crippen molar-refractivity contribution in [2.75, 3.05) is 34.5 Å². The molecule has 1 aromatic carbocycles. The van der Waals surface area contributed by atoms with Gasteiger partial charge in [0.15, 0.2) is 0 Å². The molecule has 0 amide bonds. The third-order valence-corrected chi connectivity index (χ3v) is 5.66. The Morgan fingerprint density at radius 2 is 1.50 bits per heavy atom. The number of esters is 1. The molecule has 0 atom stereocenters. The third-order valence-electron chi connectivity index (χ3n) is 5.26. The first kappa shape index (κ1) is 39.5. The zero-order valence-electron chi connectivity index (χ0n) is 25.8. The molecule has 1 heterocycles. The number of halogens is 1. The molecular formula is C30H51ClN2O7. The van der Waals surface area contributed by atoms with E-state index in [1.165, 1.54) is 39.9 Å². The summed E-state index contributed by atoms with van der Waals surface area (Å²) < 4.78 is 23.0. The Labute approximate surface area is 246 Å². The standard InChI is InChI=1S/C10H9ClN2O.C7H14O2.C7H16O.C6H12O3/c1-6-3-4-8(5-9(6)11)10-12-7(2)14-13-10;1-3-4-5-6-7(8)9-2;1-3-4-5-6-7-8-2;1-3-4-5-9-6(7)8-2/h3-5H,1-2H3;3-6H2,1-2H3;3-7H2,1-2H3;3-5H2,1-2H3. The van der Waals surface area contributed by atoms with E-state index >= 15 is 0 Å². The minimum Gasteiger partial charge on any atom is -0.469 e. The van der Waals surface area contributed by atoms with Gasteiger partial charge in [-0.25, -0.2) is 4.79 Å². The number of hydrogen-bond acceptors (Lipinski definition) is 9. The molecular weight excluding hydrogens is 536 g/mol. The quantitative estimate of drug-likeness (QED) is 0.168. The summed E-state index contributed by atoms with van der Waals surface area (Å²) in [5.74, 6) is 1.03. The highest BCUT2D eigenvalue weighted by molar-refractivity contribution is 6.31. The number of carbonyl (C=O) groups is 2. The summed E-state index contributed by atoms with van der Waals surface area (Å²) in [5, 5.41) is 4.52. The lowest BCUT2D eigenvalue weighted by atomic mass is 10.1. The van der Waals surface area contributed by atoms with Crippen molar-refractivity contribution in [3.8, 4) is 11.4 Å². The molecule has 9 nitrogen and oxygen atoms in total. The van der Waals surface area contributed by atoms with Crippen LogP contribution in [-0.4, -0.2) is 56.8 Å². The smallest absolute Gasteiger partial charge is 0.469 e. The van der Waals surface area contributed by atoms with E-state index in [4.69, 9.17) is 20.9 Å². The maximum absolute atomic E-state index is 10.5. The molecule has 0 aliphatic rings. The Hall–Kier alpha value is -2.65. The molecule has 0 aliphatic heterocycles. The fourth-order valence-electron chi connectivity index (χ4n) is 2.80. The second-order valence-electron chi connectivity index (χ2n) is 8.84. The van der Waals surface area contributed by atoms with E-state index in [0.717, 1.165) is 49.8 Å². The van der Waals surface area contributed by atoms with E-state index in [0.29, 0.717) is 29.8 Å². The lowest BCUT2D eigenvalue weighted by Crippen LogP contribution is -2.04. The summed E-state index contributed by atoms with van der Waals surface area (Å²) >= 11 is 5.98. The van der Waals surface area contributed by atoms with E-state index in [1.807, 2.05) is 32.0 Å². The van der Waals surface area contributed by atoms with Crippen LogP contribution in [0, 0.1) is 13.8 Å². The fraction of sp³-hybridized carbons (Fsp3) is 0.667. The average molecular weight is 587 g/mol. The Morgan fingerprint density at radius 1 is 0.850 bits per heavy atom. The van der Waals surface area contributed by atoms with Crippen LogP contribution >= 0.6 is 11.6 Å². The van der Waals surface area contributed by atoms with Gasteiger partial charge >= 0.3 is 12.1 Å². The molecule has 0 bridgehead atoms. The lowest BCUT2D eigenvalue weighted by Gasteiger charge is -1.99. The molecule has 0 saturated heterocycles. The van der Waals surface area contributed by atoms with Gasteiger partial charge in [0.25, 0.3) is 0 Å². The van der Waals surface area contributed by atoms with Gasteiger partial charge in [0.1, 0.15) is 0 Å². The van der Waals surface area contributed by atoms with Crippen molar-refractivity contribution in [3.63, 3.8) is 0 Å². The number of unbranched alkanes of at least 4 members (excludes halogenated alkanes) is 6. The van der Waals surface area contributed by atoms with E-state index in [-0.39, 0.29) is 5.97 Å². The average Bonchev–Trinajstić information content (AvgIpc) is 3.40. The maximum atomic E-state index is 10.5. The summed E-state index contributed by atoms with van der Waals surface area (Å²) in [4.78, 5) is 24.8. The number of hydrogen-bond donors (Lipinski definition) is 0. The first-order valence-corrected chi connectivity index (χ1v) is 14.4. The van der Waals surface area contributed by atoms with Gasteiger partial charge in [-0.05, 0) is 37.8 Å². The van der Waals surface area contributed by atoms with Crippen molar-refractivity contribution in [1.82, 2.24) is 10.1 Å². The van der Waals surface area contributed by atoms with Crippen LogP contribution in [0.5, 0.6) is 0 Å². The largest absolute Gasteiger partial charge is 0.507 e. The van der Waals surface area contributed by atoms with Gasteiger partial charge in [-0.15, -0.1) is 0 Å². The SMILES string of the molecule is CCCCCC(=O)OC.CCCCCCOC.CCCCOC(=O)OC.Cc1nc(-c2ccc(C)c(Cl)c2)no1. The van der Waals surface area contributed by atoms with Crippen molar-refractivity contribution in [1.29, 1.82) is 0 Å². The number of carbonyl (C=O) groups excluding carboxylic acids is 2. The van der Waals surface area contributed by atoms with Crippen molar-refractivity contribution >= 4 is 23.7 Å². The van der Waals surface area contributed by atoms with E-state index in [2.05, 4.69) is 38.2 Å². The van der Waals surface area contributed by atoms with E-state index < -0.39 is 6.16 Å². The first-order valence-electron chi connectivity index (χ1n) is 14.0. The van der Waals surface area contributed by atoms with Crippen LogP contribution < -0.4 is 0 Å². The number of methoxy groups -OCH3 is 3. The summed E-state index contributed by atoms with van der Waals surface area (Å²) in [7, 11) is 4.48. The zero-order valence-corrected chi connectivity index (χ0v) is 26.6. The molecule has 0 aliphatic carbocycles. The normalized spacial score (nSPS) is 9.62. The Bertz CT molecular complexity index is 863. The highest BCUT2D eigenvalue weighted by Crippen LogP contribution is 2.22. The highest BCUT2D eigenvalue weighted by Gasteiger charge is 2.06. The van der Waals surface area contributed by atoms with Gasteiger partial charge in [0, 0.05) is 37.6 Å². The molecule has 0 spiro atoms. The minimum absolute atomic E-state index is 0.0940. The number of aryl methyl sites for hydroxylation is 2. The second-order valence-corrected chi connectivity index (χ2v) is 9.25. The molecule has 0 N–H and O–H groups in total. The Morgan fingerprint density at radius 3 is 2.00 bits per heavy atom. The number of nitrogens with zero attached hydrogens (tertiary/aromatic N) is 2. The molecule has 40 heavy (non-hydrogen) atoms. The maximum Gasteiger partial charge on any atom is 0.507 e. The molecule has 0 saturated carbocycles. The predicted molar refractivity (Wildman–Crippen MR) is 160 cm³/mol. The summed E-state index contributed by atoms with van der Waals surface area (Å²) in [6, 6.07) is 5.69. The van der Waals surface area contributed by atoms with Gasteiger partial charge in [-0.3, -0.25) is 4.79 Å². The monoisotopic (exact) mass is 586 g/mol. The van der Waals surface area contributed by atoms with Crippen LogP contribution in [0.25, 0.3) is 11.4 Å². The molecule has 0 radical (unpaired) electrons. The van der Waals surface area contributed by atoms with Crippen LogP contribution in [0.4, 0.5) is 4.79 Å². The minimum atomic E-state index is -0.594. The molecule has 1 aromatic heterocycles. The van der Waals surface area contributed by atoms with Crippen LogP contribution in [0.3, 0.4) is 0 Å². The topological polar surface area (TPSA) is 110 Å². The summed E-state index contributed by atoms with van der Waals surface area (Å²) in [6.07, 6.45) is 10.3. The number of rotatable bonds is 13. The van der Waals surface area contributed by atoms with Crippen LogP contribution in [0.15, 0.2) is 22.7 Å².